The normalized spacial score (nSPS) is 11.6. The molecule has 0 amide bonds. The third-order valence-corrected chi connectivity index (χ3v) is 4.28. The van der Waals surface area contributed by atoms with Crippen LogP contribution in [-0.4, -0.2) is 31.2 Å². The Kier molecular flexibility index (Phi) is 5.20. The number of nitrogens with zero attached hydrogens (tertiary/aromatic N) is 3. The van der Waals surface area contributed by atoms with E-state index in [0.717, 1.165) is 17.4 Å². The average molecular weight is 303 g/mol. The van der Waals surface area contributed by atoms with Gasteiger partial charge in [-0.3, -0.25) is 0 Å². The van der Waals surface area contributed by atoms with Crippen LogP contribution in [0.15, 0.2) is 48.1 Å². The summed E-state index contributed by atoms with van der Waals surface area (Å²) in [7, 11) is 0. The fourth-order valence-electron chi connectivity index (χ4n) is 1.89. The fraction of sp³-hybridized carbons (Fsp3) is 0.375. The van der Waals surface area contributed by atoms with Crippen molar-refractivity contribution < 1.29 is 5.11 Å². The van der Waals surface area contributed by atoms with Crippen LogP contribution in [0.4, 0.5) is 0 Å². The maximum Gasteiger partial charge on any atom is 0.191 e. The SMILES string of the molecule is C=CCn1c(Cc2ccccc2)nnc1SCC(C)(C)O. The molecule has 0 saturated heterocycles. The number of hydrogen-bond acceptors (Lipinski definition) is 4. The quantitative estimate of drug-likeness (QED) is 0.631. The second-order valence-electron chi connectivity index (χ2n) is 5.56. The van der Waals surface area contributed by atoms with Crippen LogP contribution in [0.5, 0.6) is 0 Å². The molecule has 21 heavy (non-hydrogen) atoms. The molecule has 0 aliphatic carbocycles. The molecule has 0 bridgehead atoms. The lowest BCUT2D eigenvalue weighted by Crippen LogP contribution is -2.22. The molecular weight excluding hydrogens is 282 g/mol. The smallest absolute Gasteiger partial charge is 0.191 e. The van der Waals surface area contributed by atoms with E-state index in [1.54, 1.807) is 13.8 Å². The number of rotatable bonds is 7. The van der Waals surface area contributed by atoms with Crippen LogP contribution >= 0.6 is 11.8 Å². The Labute approximate surface area is 129 Å². The van der Waals surface area contributed by atoms with Crippen LogP contribution in [0.25, 0.3) is 0 Å². The molecule has 5 heteroatoms. The van der Waals surface area contributed by atoms with E-state index in [2.05, 4.69) is 33.5 Å². The summed E-state index contributed by atoms with van der Waals surface area (Å²) in [4.78, 5) is 0. The minimum absolute atomic E-state index is 0.577. The molecule has 0 saturated carbocycles. The van der Waals surface area contributed by atoms with Gasteiger partial charge in [0, 0.05) is 18.7 Å². The van der Waals surface area contributed by atoms with Crippen molar-refractivity contribution in [2.24, 2.45) is 0 Å². The van der Waals surface area contributed by atoms with Crippen molar-refractivity contribution in [3.63, 3.8) is 0 Å². The monoisotopic (exact) mass is 303 g/mol. The predicted molar refractivity (Wildman–Crippen MR) is 86.5 cm³/mol. The van der Waals surface area contributed by atoms with Gasteiger partial charge in [0.15, 0.2) is 5.16 Å². The second-order valence-corrected chi connectivity index (χ2v) is 6.50. The summed E-state index contributed by atoms with van der Waals surface area (Å²) in [6.45, 7) is 8.05. The van der Waals surface area contributed by atoms with Crippen LogP contribution in [0, 0.1) is 0 Å². The zero-order chi connectivity index (χ0) is 15.3. The van der Waals surface area contributed by atoms with E-state index in [1.807, 2.05) is 24.3 Å². The van der Waals surface area contributed by atoms with Gasteiger partial charge in [-0.2, -0.15) is 0 Å². The summed E-state index contributed by atoms with van der Waals surface area (Å²) in [6, 6.07) is 10.2. The van der Waals surface area contributed by atoms with E-state index >= 15 is 0 Å². The van der Waals surface area contributed by atoms with Gasteiger partial charge in [-0.25, -0.2) is 0 Å². The Morgan fingerprint density at radius 3 is 2.62 bits per heavy atom. The predicted octanol–water partition coefficient (Wildman–Crippen LogP) is 2.92. The van der Waals surface area contributed by atoms with E-state index in [0.29, 0.717) is 12.3 Å². The van der Waals surface area contributed by atoms with Gasteiger partial charge in [-0.15, -0.1) is 16.8 Å². The number of hydrogen-bond donors (Lipinski definition) is 1. The molecule has 1 aromatic heterocycles. The van der Waals surface area contributed by atoms with Crippen molar-refractivity contribution in [1.29, 1.82) is 0 Å². The number of allylic oxidation sites excluding steroid dienone is 1. The van der Waals surface area contributed by atoms with Gasteiger partial charge in [-0.05, 0) is 19.4 Å². The number of aliphatic hydroxyl groups is 1. The zero-order valence-corrected chi connectivity index (χ0v) is 13.3. The molecule has 2 rings (SSSR count). The summed E-state index contributed by atoms with van der Waals surface area (Å²) in [5.74, 6) is 1.49. The highest BCUT2D eigenvalue weighted by atomic mass is 32.2. The summed E-state index contributed by atoms with van der Waals surface area (Å²) in [6.07, 6.45) is 2.58. The van der Waals surface area contributed by atoms with Crippen molar-refractivity contribution >= 4 is 11.8 Å². The van der Waals surface area contributed by atoms with E-state index in [4.69, 9.17) is 0 Å². The topological polar surface area (TPSA) is 50.9 Å². The molecule has 0 aliphatic heterocycles. The maximum atomic E-state index is 9.84. The minimum atomic E-state index is -0.727. The largest absolute Gasteiger partial charge is 0.390 e. The first-order valence-electron chi connectivity index (χ1n) is 6.91. The lowest BCUT2D eigenvalue weighted by Gasteiger charge is -2.16. The molecule has 0 unspecified atom stereocenters. The van der Waals surface area contributed by atoms with Gasteiger partial charge < -0.3 is 9.67 Å². The van der Waals surface area contributed by atoms with Crippen LogP contribution in [0.2, 0.25) is 0 Å². The number of thioether (sulfide) groups is 1. The molecule has 1 aromatic carbocycles. The van der Waals surface area contributed by atoms with Crippen molar-refractivity contribution in [3.8, 4) is 0 Å². The van der Waals surface area contributed by atoms with Crippen LogP contribution in [-0.2, 0) is 13.0 Å². The molecule has 112 valence electrons. The van der Waals surface area contributed by atoms with Gasteiger partial charge in [0.2, 0.25) is 0 Å². The van der Waals surface area contributed by atoms with E-state index in [-0.39, 0.29) is 0 Å². The van der Waals surface area contributed by atoms with Gasteiger partial charge in [0.25, 0.3) is 0 Å². The summed E-state index contributed by atoms with van der Waals surface area (Å²) in [5.41, 5.74) is 0.476. The Morgan fingerprint density at radius 1 is 1.29 bits per heavy atom. The lowest BCUT2D eigenvalue weighted by molar-refractivity contribution is 0.107. The minimum Gasteiger partial charge on any atom is -0.390 e. The third-order valence-electron chi connectivity index (χ3n) is 2.86. The van der Waals surface area contributed by atoms with Crippen LogP contribution in [0.1, 0.15) is 25.2 Å². The molecule has 0 fully saturated rings. The first-order chi connectivity index (χ1) is 9.99. The van der Waals surface area contributed by atoms with Gasteiger partial charge in [-0.1, -0.05) is 48.2 Å². The Bertz CT molecular complexity index is 587. The Hall–Kier alpha value is -1.59. The Balaban J connectivity index is 2.18. The molecular formula is C16H21N3OS. The van der Waals surface area contributed by atoms with Crippen molar-refractivity contribution in [3.05, 3.63) is 54.4 Å². The van der Waals surface area contributed by atoms with E-state index < -0.39 is 5.60 Å². The van der Waals surface area contributed by atoms with Gasteiger partial charge in [0.05, 0.1) is 5.60 Å². The highest BCUT2D eigenvalue weighted by molar-refractivity contribution is 7.99. The molecule has 1 heterocycles. The van der Waals surface area contributed by atoms with Crippen molar-refractivity contribution in [1.82, 2.24) is 14.8 Å². The van der Waals surface area contributed by atoms with Crippen LogP contribution in [0.3, 0.4) is 0 Å². The van der Waals surface area contributed by atoms with E-state index in [9.17, 15) is 5.11 Å². The number of aromatic nitrogens is 3. The van der Waals surface area contributed by atoms with Gasteiger partial charge in [0.1, 0.15) is 5.82 Å². The average Bonchev–Trinajstić information content (AvgIpc) is 2.80. The summed E-state index contributed by atoms with van der Waals surface area (Å²) < 4.78 is 2.05. The third kappa shape index (κ3) is 4.72. The first kappa shape index (κ1) is 15.8. The Morgan fingerprint density at radius 2 is 2.00 bits per heavy atom. The molecule has 4 nitrogen and oxygen atoms in total. The van der Waals surface area contributed by atoms with Crippen LogP contribution < -0.4 is 0 Å². The van der Waals surface area contributed by atoms with Crippen molar-refractivity contribution in [2.75, 3.05) is 5.75 Å². The molecule has 0 aliphatic rings. The van der Waals surface area contributed by atoms with Gasteiger partial charge >= 0.3 is 0 Å². The lowest BCUT2D eigenvalue weighted by atomic mass is 10.1. The highest BCUT2D eigenvalue weighted by Crippen LogP contribution is 2.22. The molecule has 1 N–H and O–H groups in total. The maximum absolute atomic E-state index is 9.84. The first-order valence-corrected chi connectivity index (χ1v) is 7.90. The second kappa shape index (κ2) is 6.91. The molecule has 0 atom stereocenters. The van der Waals surface area contributed by atoms with Crippen molar-refractivity contribution in [2.45, 2.75) is 37.6 Å². The highest BCUT2D eigenvalue weighted by Gasteiger charge is 2.17. The van der Waals surface area contributed by atoms with E-state index in [1.165, 1.54) is 17.3 Å². The fourth-order valence-corrected chi connectivity index (χ4v) is 2.81. The standard InChI is InChI=1S/C16H21N3OS/c1-4-10-19-14(11-13-8-6-5-7-9-13)17-18-15(19)21-12-16(2,3)20/h4-9,20H,1,10-12H2,2-3H3. The molecule has 0 radical (unpaired) electrons. The zero-order valence-electron chi connectivity index (χ0n) is 12.5. The summed E-state index contributed by atoms with van der Waals surface area (Å²) in [5, 5.41) is 19.2. The summed E-state index contributed by atoms with van der Waals surface area (Å²) >= 11 is 1.52. The number of benzene rings is 1. The molecule has 0 spiro atoms. The molecule has 2 aromatic rings.